The third-order valence-corrected chi connectivity index (χ3v) is 5.67. The van der Waals surface area contributed by atoms with E-state index < -0.39 is 0 Å². The van der Waals surface area contributed by atoms with Crippen molar-refractivity contribution in [3.8, 4) is 22.3 Å². The number of rotatable bonds is 4. The van der Waals surface area contributed by atoms with E-state index in [1.54, 1.807) is 0 Å². The maximum absolute atomic E-state index is 2.29. The molecular weight excluding hydrogens is 362 g/mol. The molecule has 5 rings (SSSR count). The van der Waals surface area contributed by atoms with Gasteiger partial charge in [0, 0.05) is 24.0 Å². The van der Waals surface area contributed by atoms with E-state index in [2.05, 4.69) is 133 Å². The summed E-state index contributed by atoms with van der Waals surface area (Å²) in [5.74, 6) is 0. The summed E-state index contributed by atoms with van der Waals surface area (Å²) in [6.45, 7) is 0. The smallest absolute Gasteiger partial charge is 0.0494 e. The van der Waals surface area contributed by atoms with E-state index in [4.69, 9.17) is 0 Å². The lowest BCUT2D eigenvalue weighted by Gasteiger charge is -2.25. The number of hydrogen-bond acceptors (Lipinski definition) is 1. The summed E-state index contributed by atoms with van der Waals surface area (Å²) in [6, 6.07) is 43.0. The number of benzene rings is 5. The van der Waals surface area contributed by atoms with Gasteiger partial charge in [-0.05, 0) is 45.7 Å². The highest BCUT2D eigenvalue weighted by Crippen LogP contribution is 2.40. The Morgan fingerprint density at radius 3 is 1.90 bits per heavy atom. The fourth-order valence-corrected chi connectivity index (χ4v) is 4.11. The number of hydrogen-bond donors (Lipinski definition) is 0. The molecule has 0 aliphatic carbocycles. The second-order valence-corrected chi connectivity index (χ2v) is 7.52. The van der Waals surface area contributed by atoms with Crippen LogP contribution in [-0.4, -0.2) is 7.05 Å². The topological polar surface area (TPSA) is 3.24 Å². The maximum atomic E-state index is 2.29. The van der Waals surface area contributed by atoms with Gasteiger partial charge in [0.25, 0.3) is 0 Å². The fourth-order valence-electron chi connectivity index (χ4n) is 4.11. The second kappa shape index (κ2) is 7.88. The first-order valence-corrected chi connectivity index (χ1v) is 10.3. The van der Waals surface area contributed by atoms with Crippen molar-refractivity contribution in [3.05, 3.63) is 121 Å². The van der Waals surface area contributed by atoms with Crippen LogP contribution in [0.2, 0.25) is 0 Å². The first-order chi connectivity index (χ1) is 14.8. The van der Waals surface area contributed by atoms with Crippen molar-refractivity contribution in [2.75, 3.05) is 11.9 Å². The van der Waals surface area contributed by atoms with Gasteiger partial charge in [-0.3, -0.25) is 0 Å². The zero-order valence-corrected chi connectivity index (χ0v) is 17.0. The van der Waals surface area contributed by atoms with E-state index in [0.29, 0.717) is 0 Å². The highest BCUT2D eigenvalue weighted by atomic mass is 15.1. The van der Waals surface area contributed by atoms with Crippen LogP contribution in [0.25, 0.3) is 33.0 Å². The molecule has 0 aliphatic rings. The predicted octanol–water partition coefficient (Wildman–Crippen LogP) is 7.94. The van der Waals surface area contributed by atoms with Crippen molar-refractivity contribution < 1.29 is 0 Å². The average molecular weight is 386 g/mol. The van der Waals surface area contributed by atoms with Gasteiger partial charge in [-0.2, -0.15) is 0 Å². The van der Waals surface area contributed by atoms with E-state index in [1.807, 2.05) is 0 Å². The lowest BCUT2D eigenvalue weighted by atomic mass is 9.95. The normalized spacial score (nSPS) is 10.8. The Hall–Kier alpha value is -3.84. The van der Waals surface area contributed by atoms with Gasteiger partial charge < -0.3 is 4.90 Å². The molecule has 0 spiro atoms. The Labute approximate surface area is 177 Å². The molecule has 0 saturated carbocycles. The molecule has 5 aromatic rings. The van der Waals surface area contributed by atoms with E-state index in [1.165, 1.54) is 44.4 Å². The van der Waals surface area contributed by atoms with Crippen LogP contribution in [-0.2, 0) is 0 Å². The van der Waals surface area contributed by atoms with Crippen LogP contribution < -0.4 is 4.90 Å². The van der Waals surface area contributed by atoms with Crippen LogP contribution in [0, 0.1) is 0 Å². The third kappa shape index (κ3) is 3.35. The van der Waals surface area contributed by atoms with Gasteiger partial charge in [-0.15, -0.1) is 0 Å². The maximum Gasteiger partial charge on any atom is 0.0494 e. The van der Waals surface area contributed by atoms with E-state index in [-0.39, 0.29) is 0 Å². The molecule has 0 atom stereocenters. The predicted molar refractivity (Wildman–Crippen MR) is 129 cm³/mol. The molecule has 0 saturated heterocycles. The average Bonchev–Trinajstić information content (AvgIpc) is 2.84. The number of nitrogens with zero attached hydrogens (tertiary/aromatic N) is 1. The summed E-state index contributed by atoms with van der Waals surface area (Å²) in [7, 11) is 2.15. The van der Waals surface area contributed by atoms with E-state index in [9.17, 15) is 0 Å². The molecular formula is C29H23N. The molecule has 0 amide bonds. The summed E-state index contributed by atoms with van der Waals surface area (Å²) < 4.78 is 0. The van der Waals surface area contributed by atoms with Gasteiger partial charge in [-0.25, -0.2) is 0 Å². The van der Waals surface area contributed by atoms with Crippen molar-refractivity contribution in [1.82, 2.24) is 0 Å². The molecule has 1 heteroatoms. The molecule has 0 unspecified atom stereocenters. The molecule has 5 aromatic carbocycles. The second-order valence-electron chi connectivity index (χ2n) is 7.52. The van der Waals surface area contributed by atoms with Crippen LogP contribution in [0.4, 0.5) is 11.4 Å². The van der Waals surface area contributed by atoms with Crippen molar-refractivity contribution in [2.24, 2.45) is 0 Å². The Balaban J connectivity index is 1.67. The third-order valence-electron chi connectivity index (χ3n) is 5.67. The molecule has 0 bridgehead atoms. The molecule has 0 heterocycles. The van der Waals surface area contributed by atoms with Crippen LogP contribution in [0.3, 0.4) is 0 Å². The summed E-state index contributed by atoms with van der Waals surface area (Å²) in [4.78, 5) is 2.29. The Morgan fingerprint density at radius 1 is 0.500 bits per heavy atom. The highest BCUT2D eigenvalue weighted by Gasteiger charge is 2.15. The minimum absolute atomic E-state index is 1.17. The zero-order chi connectivity index (χ0) is 20.3. The number of anilines is 2. The molecule has 144 valence electrons. The van der Waals surface area contributed by atoms with Gasteiger partial charge in [0.15, 0.2) is 0 Å². The molecule has 0 aromatic heterocycles. The Morgan fingerprint density at radius 2 is 1.13 bits per heavy atom. The van der Waals surface area contributed by atoms with Crippen molar-refractivity contribution in [1.29, 1.82) is 0 Å². The highest BCUT2D eigenvalue weighted by molar-refractivity contribution is 6.03. The molecule has 0 aliphatic heterocycles. The largest absolute Gasteiger partial charge is 0.344 e. The van der Waals surface area contributed by atoms with E-state index in [0.717, 1.165) is 0 Å². The minimum atomic E-state index is 1.17. The Kier molecular flexibility index (Phi) is 4.78. The van der Waals surface area contributed by atoms with Crippen LogP contribution in [0.15, 0.2) is 121 Å². The first-order valence-electron chi connectivity index (χ1n) is 10.3. The summed E-state index contributed by atoms with van der Waals surface area (Å²) >= 11 is 0. The van der Waals surface area contributed by atoms with Gasteiger partial charge >= 0.3 is 0 Å². The lowest BCUT2D eigenvalue weighted by Crippen LogP contribution is -2.11. The minimum Gasteiger partial charge on any atom is -0.344 e. The SMILES string of the molecule is CN(c1cccc(-c2ccccc2)c1)c1ccc2ccccc2c1-c1ccccc1. The summed E-state index contributed by atoms with van der Waals surface area (Å²) in [6.07, 6.45) is 0. The van der Waals surface area contributed by atoms with Gasteiger partial charge in [0.1, 0.15) is 0 Å². The van der Waals surface area contributed by atoms with Crippen molar-refractivity contribution in [3.63, 3.8) is 0 Å². The summed E-state index contributed by atoms with van der Waals surface area (Å²) in [5, 5.41) is 2.53. The van der Waals surface area contributed by atoms with E-state index >= 15 is 0 Å². The summed E-state index contributed by atoms with van der Waals surface area (Å²) in [5.41, 5.74) is 7.32. The monoisotopic (exact) mass is 385 g/mol. The Bertz CT molecular complexity index is 1290. The van der Waals surface area contributed by atoms with Gasteiger partial charge in [0.05, 0.1) is 0 Å². The molecule has 1 nitrogen and oxygen atoms in total. The molecule has 0 radical (unpaired) electrons. The van der Waals surface area contributed by atoms with Crippen molar-refractivity contribution >= 4 is 22.1 Å². The molecule has 0 N–H and O–H groups in total. The van der Waals surface area contributed by atoms with Crippen LogP contribution in [0.1, 0.15) is 0 Å². The van der Waals surface area contributed by atoms with Crippen molar-refractivity contribution in [2.45, 2.75) is 0 Å². The van der Waals surface area contributed by atoms with Crippen LogP contribution >= 0.6 is 0 Å². The lowest BCUT2D eigenvalue weighted by molar-refractivity contribution is 1.21. The number of fused-ring (bicyclic) bond motifs is 1. The standard InChI is InChI=1S/C29H23N/c1-30(26-17-10-16-25(21-26)22-11-4-2-5-12-22)28-20-19-23-13-8-9-18-27(23)29(28)24-14-6-3-7-15-24/h2-21H,1H3. The molecule has 0 fully saturated rings. The first kappa shape index (κ1) is 18.2. The van der Waals surface area contributed by atoms with Crippen LogP contribution in [0.5, 0.6) is 0 Å². The zero-order valence-electron chi connectivity index (χ0n) is 17.0. The van der Waals surface area contributed by atoms with Gasteiger partial charge in [0.2, 0.25) is 0 Å². The fraction of sp³-hybridized carbons (Fsp3) is 0.0345. The molecule has 30 heavy (non-hydrogen) atoms. The quantitative estimate of drug-likeness (QED) is 0.303. The van der Waals surface area contributed by atoms with Gasteiger partial charge in [-0.1, -0.05) is 103 Å².